The molecule has 4 saturated heterocycles. The molecule has 6 atom stereocenters. The number of hydrogen-bond donors (Lipinski definition) is 0. The van der Waals surface area contributed by atoms with E-state index in [0.717, 1.165) is 22.3 Å². The van der Waals surface area contributed by atoms with E-state index in [1.165, 1.54) is 9.80 Å². The summed E-state index contributed by atoms with van der Waals surface area (Å²) in [4.78, 5) is 60.2. The van der Waals surface area contributed by atoms with Crippen molar-refractivity contribution >= 4 is 35.0 Å². The van der Waals surface area contributed by atoms with Crippen molar-refractivity contribution in [3.05, 3.63) is 131 Å². The summed E-state index contributed by atoms with van der Waals surface area (Å²) in [7, 11) is 0. The summed E-state index contributed by atoms with van der Waals surface area (Å²) in [5.41, 5.74) is 4.79. The number of carbonyl (C=O) groups is 4. The van der Waals surface area contributed by atoms with Crippen LogP contribution in [0.2, 0.25) is 0 Å². The van der Waals surface area contributed by atoms with Crippen molar-refractivity contribution in [2.75, 3.05) is 9.80 Å². The van der Waals surface area contributed by atoms with Gasteiger partial charge in [-0.3, -0.25) is 19.2 Å². The third kappa shape index (κ3) is 3.64. The second kappa shape index (κ2) is 9.80. The fourth-order valence-electron chi connectivity index (χ4n) is 7.69. The van der Waals surface area contributed by atoms with Gasteiger partial charge in [-0.05, 0) is 49.2 Å². The highest BCUT2D eigenvalue weighted by Crippen LogP contribution is 2.59. The number of fused-ring (bicyclic) bond motifs is 5. The summed E-state index contributed by atoms with van der Waals surface area (Å²) < 4.78 is 0. The van der Waals surface area contributed by atoms with E-state index >= 15 is 0 Å². The standard InChI is InChI=1S/C36H30N4O4/c1-21-13-17-23(18-14-21)29-27-31(35(43)37(33(27)41)25-9-5-3-6-10-25)40-30(24-19-15-22(2)16-20-24)28-32(39(29)40)36(44)38(34(28)42)26-11-7-4-8-12-26/h3-20,27-32H,1-2H3/t27-,28-,29+,30+,31-,32+/m0/s1. The Labute approximate surface area is 255 Å². The monoisotopic (exact) mass is 582 g/mol. The largest absolute Gasteiger partial charge is 0.274 e. The average molecular weight is 583 g/mol. The van der Waals surface area contributed by atoms with Crippen LogP contribution in [0.25, 0.3) is 0 Å². The molecule has 8 rings (SSSR count). The molecular formula is C36H30N4O4. The van der Waals surface area contributed by atoms with Crippen molar-refractivity contribution in [1.82, 2.24) is 10.0 Å². The lowest BCUT2D eigenvalue weighted by Crippen LogP contribution is -2.50. The van der Waals surface area contributed by atoms with Gasteiger partial charge in [0.2, 0.25) is 11.8 Å². The minimum absolute atomic E-state index is 0.304. The van der Waals surface area contributed by atoms with Gasteiger partial charge in [0, 0.05) is 0 Å². The van der Waals surface area contributed by atoms with E-state index in [9.17, 15) is 19.2 Å². The van der Waals surface area contributed by atoms with Gasteiger partial charge in [-0.1, -0.05) is 96.1 Å². The molecule has 4 aliphatic heterocycles. The number of imide groups is 2. The molecule has 0 N–H and O–H groups in total. The topological polar surface area (TPSA) is 81.2 Å². The highest BCUT2D eigenvalue weighted by molar-refractivity contribution is 6.26. The molecule has 44 heavy (non-hydrogen) atoms. The molecule has 4 aliphatic rings. The van der Waals surface area contributed by atoms with Crippen LogP contribution in [0.3, 0.4) is 0 Å². The number of anilines is 2. The predicted octanol–water partition coefficient (Wildman–Crippen LogP) is 4.75. The van der Waals surface area contributed by atoms with Gasteiger partial charge in [0.25, 0.3) is 11.8 Å². The first kappa shape index (κ1) is 26.7. The first-order valence-corrected chi connectivity index (χ1v) is 14.9. The molecule has 4 aromatic carbocycles. The molecule has 0 spiro atoms. The van der Waals surface area contributed by atoms with Crippen LogP contribution < -0.4 is 9.80 Å². The molecular weight excluding hydrogens is 552 g/mol. The molecule has 4 heterocycles. The van der Waals surface area contributed by atoms with Crippen LogP contribution in [0.15, 0.2) is 109 Å². The van der Waals surface area contributed by atoms with Crippen LogP contribution in [-0.4, -0.2) is 45.7 Å². The van der Waals surface area contributed by atoms with Gasteiger partial charge >= 0.3 is 0 Å². The highest BCUT2D eigenvalue weighted by Gasteiger charge is 2.73. The third-order valence-electron chi connectivity index (χ3n) is 9.59. The number of hydrogen-bond acceptors (Lipinski definition) is 6. The fraction of sp³-hybridized carbons (Fsp3) is 0.222. The lowest BCUT2D eigenvalue weighted by Gasteiger charge is -2.35. The predicted molar refractivity (Wildman–Crippen MR) is 164 cm³/mol. The quantitative estimate of drug-likeness (QED) is 0.323. The molecule has 0 aromatic heterocycles. The van der Waals surface area contributed by atoms with E-state index in [-0.39, 0.29) is 23.6 Å². The molecule has 0 saturated carbocycles. The van der Waals surface area contributed by atoms with Gasteiger partial charge in [0.05, 0.1) is 35.3 Å². The Morgan fingerprint density at radius 3 is 1.09 bits per heavy atom. The Morgan fingerprint density at radius 1 is 0.409 bits per heavy atom. The Morgan fingerprint density at radius 2 is 0.750 bits per heavy atom. The molecule has 0 bridgehead atoms. The Kier molecular flexibility index (Phi) is 5.95. The van der Waals surface area contributed by atoms with Gasteiger partial charge in [-0.2, -0.15) is 0 Å². The normalized spacial score (nSPS) is 28.1. The minimum atomic E-state index is -0.878. The van der Waals surface area contributed by atoms with Gasteiger partial charge in [0.15, 0.2) is 0 Å². The SMILES string of the molecule is Cc1ccc([C@@H]2[C@@H]3C(=O)N(c4ccccc4)C(=O)[C@@H]3N3[C@H](c4ccc(C)cc4)[C@@H]4C(=O)N(c5ccccc5)C(=O)[C@H]4N23)cc1. The zero-order chi connectivity index (χ0) is 30.3. The van der Waals surface area contributed by atoms with Crippen LogP contribution in [0.1, 0.15) is 34.3 Å². The molecule has 0 unspecified atom stereocenters. The second-order valence-electron chi connectivity index (χ2n) is 12.1. The summed E-state index contributed by atoms with van der Waals surface area (Å²) in [6, 6.07) is 30.7. The van der Waals surface area contributed by atoms with E-state index < -0.39 is 36.0 Å². The smallest absolute Gasteiger partial charge is 0.253 e. The third-order valence-corrected chi connectivity index (χ3v) is 9.59. The van der Waals surface area contributed by atoms with E-state index in [2.05, 4.69) is 0 Å². The van der Waals surface area contributed by atoms with Crippen molar-refractivity contribution in [3.8, 4) is 0 Å². The number of nitrogens with zero attached hydrogens (tertiary/aromatic N) is 4. The maximum Gasteiger partial charge on any atom is 0.253 e. The summed E-state index contributed by atoms with van der Waals surface area (Å²) in [5, 5.41) is 3.83. The Hall–Kier alpha value is -4.92. The summed E-state index contributed by atoms with van der Waals surface area (Å²) >= 11 is 0. The maximum atomic E-state index is 14.4. The van der Waals surface area contributed by atoms with Crippen LogP contribution in [0, 0.1) is 25.7 Å². The number of carbonyl (C=O) groups excluding carboxylic acids is 4. The number of benzene rings is 4. The zero-order valence-corrected chi connectivity index (χ0v) is 24.3. The van der Waals surface area contributed by atoms with E-state index in [1.54, 1.807) is 48.5 Å². The first-order valence-electron chi connectivity index (χ1n) is 14.9. The van der Waals surface area contributed by atoms with Crippen molar-refractivity contribution in [1.29, 1.82) is 0 Å². The number of rotatable bonds is 4. The number of aryl methyl sites for hydroxylation is 2. The van der Waals surface area contributed by atoms with Crippen LogP contribution in [-0.2, 0) is 19.2 Å². The maximum absolute atomic E-state index is 14.4. The van der Waals surface area contributed by atoms with Gasteiger partial charge in [-0.25, -0.2) is 19.8 Å². The summed E-state index contributed by atoms with van der Waals surface area (Å²) in [6.45, 7) is 3.98. The summed E-state index contributed by atoms with van der Waals surface area (Å²) in [6.07, 6.45) is 0. The molecule has 0 radical (unpaired) electrons. The zero-order valence-electron chi connectivity index (χ0n) is 24.3. The van der Waals surface area contributed by atoms with Gasteiger partial charge in [-0.15, -0.1) is 0 Å². The lowest BCUT2D eigenvalue weighted by atomic mass is 9.84. The molecule has 4 fully saturated rings. The van der Waals surface area contributed by atoms with Crippen LogP contribution >= 0.6 is 0 Å². The van der Waals surface area contributed by atoms with E-state index in [1.807, 2.05) is 84.5 Å². The van der Waals surface area contributed by atoms with Gasteiger partial charge in [0.1, 0.15) is 12.1 Å². The molecule has 4 amide bonds. The fourth-order valence-corrected chi connectivity index (χ4v) is 7.69. The van der Waals surface area contributed by atoms with E-state index in [4.69, 9.17) is 0 Å². The van der Waals surface area contributed by atoms with Crippen molar-refractivity contribution < 1.29 is 19.2 Å². The average Bonchev–Trinajstić information content (AvgIpc) is 3.70. The lowest BCUT2D eigenvalue weighted by molar-refractivity contribution is -0.136. The Balaban J connectivity index is 1.34. The second-order valence-corrected chi connectivity index (χ2v) is 12.1. The van der Waals surface area contributed by atoms with Crippen LogP contribution in [0.4, 0.5) is 11.4 Å². The number of para-hydroxylation sites is 2. The molecule has 8 heteroatoms. The Bertz CT molecular complexity index is 1670. The van der Waals surface area contributed by atoms with Crippen molar-refractivity contribution in [2.45, 2.75) is 38.0 Å². The highest BCUT2D eigenvalue weighted by atomic mass is 16.2. The number of hydrazine groups is 1. The van der Waals surface area contributed by atoms with Crippen molar-refractivity contribution in [3.63, 3.8) is 0 Å². The summed E-state index contributed by atoms with van der Waals surface area (Å²) in [5.74, 6) is -2.84. The van der Waals surface area contributed by atoms with Crippen LogP contribution in [0.5, 0.6) is 0 Å². The minimum Gasteiger partial charge on any atom is -0.274 e. The molecule has 218 valence electrons. The van der Waals surface area contributed by atoms with E-state index in [0.29, 0.717) is 11.4 Å². The molecule has 0 aliphatic carbocycles. The molecule has 4 aromatic rings. The first-order chi connectivity index (χ1) is 21.4. The molecule has 8 nitrogen and oxygen atoms in total. The van der Waals surface area contributed by atoms with Gasteiger partial charge < -0.3 is 0 Å². The number of amides is 4. The van der Waals surface area contributed by atoms with Crippen molar-refractivity contribution in [2.24, 2.45) is 11.8 Å².